The molecule has 3 heteroatoms. The molecule has 1 N–H and O–H groups in total. The van der Waals surface area contributed by atoms with Crippen LogP contribution in [0.2, 0.25) is 0 Å². The van der Waals surface area contributed by atoms with Crippen LogP contribution in [-0.4, -0.2) is 36.0 Å². The number of nitrogens with zero attached hydrogens (tertiary/aromatic N) is 1. The van der Waals surface area contributed by atoms with E-state index in [9.17, 15) is 4.79 Å². The second-order valence-corrected chi connectivity index (χ2v) is 5.22. The molecule has 0 unspecified atom stereocenters. The molecular weight excluding hydrogens is 188 g/mol. The first-order chi connectivity index (χ1) is 6.94. The summed E-state index contributed by atoms with van der Waals surface area (Å²) in [5.41, 5.74) is 0.202. The zero-order valence-electron chi connectivity index (χ0n) is 10.5. The third-order valence-electron chi connectivity index (χ3n) is 3.54. The fourth-order valence-corrected chi connectivity index (χ4v) is 2.03. The minimum absolute atomic E-state index is 0.193. The van der Waals surface area contributed by atoms with E-state index in [1.54, 1.807) is 4.90 Å². The Labute approximate surface area is 93.2 Å². The Morgan fingerprint density at radius 2 is 1.93 bits per heavy atom. The maximum Gasteiger partial charge on any atom is 0.236 e. The van der Waals surface area contributed by atoms with Crippen molar-refractivity contribution in [3.8, 4) is 0 Å². The summed E-state index contributed by atoms with van der Waals surface area (Å²) in [6.07, 6.45) is 4.98. The van der Waals surface area contributed by atoms with Gasteiger partial charge < -0.3 is 10.2 Å². The summed E-state index contributed by atoms with van der Waals surface area (Å²) in [6, 6.07) is 0.288. The highest BCUT2D eigenvalue weighted by atomic mass is 16.2. The number of rotatable bonds is 4. The Morgan fingerprint density at radius 1 is 1.40 bits per heavy atom. The van der Waals surface area contributed by atoms with Crippen LogP contribution in [0.3, 0.4) is 0 Å². The lowest BCUT2D eigenvalue weighted by atomic mass is 10.0. The van der Waals surface area contributed by atoms with Gasteiger partial charge in [0.05, 0.1) is 6.54 Å². The van der Waals surface area contributed by atoms with Crippen LogP contribution in [0.25, 0.3) is 0 Å². The first kappa shape index (κ1) is 12.5. The predicted octanol–water partition coefficient (Wildman–Crippen LogP) is 1.78. The molecule has 0 spiro atoms. The lowest BCUT2D eigenvalue weighted by Crippen LogP contribution is -2.47. The van der Waals surface area contributed by atoms with Crippen molar-refractivity contribution in [1.82, 2.24) is 10.2 Å². The summed E-state index contributed by atoms with van der Waals surface area (Å²) in [4.78, 5) is 13.5. The van der Waals surface area contributed by atoms with Crippen molar-refractivity contribution < 1.29 is 4.79 Å². The minimum Gasteiger partial charge on any atom is -0.342 e. The summed E-state index contributed by atoms with van der Waals surface area (Å²) < 4.78 is 0. The average molecular weight is 212 g/mol. The Bertz CT molecular complexity index is 220. The normalized spacial score (nSPS) is 19.5. The van der Waals surface area contributed by atoms with Crippen LogP contribution < -0.4 is 5.32 Å². The Morgan fingerprint density at radius 3 is 2.40 bits per heavy atom. The second-order valence-electron chi connectivity index (χ2n) is 5.22. The summed E-state index contributed by atoms with van der Waals surface area (Å²) in [6.45, 7) is 6.78. The molecule has 0 heterocycles. The maximum absolute atomic E-state index is 11.7. The maximum atomic E-state index is 11.7. The van der Waals surface area contributed by atoms with Gasteiger partial charge in [0, 0.05) is 18.6 Å². The van der Waals surface area contributed by atoms with Gasteiger partial charge in [0.25, 0.3) is 0 Å². The summed E-state index contributed by atoms with van der Waals surface area (Å²) in [5, 5.41) is 3.40. The molecule has 0 aromatic carbocycles. The van der Waals surface area contributed by atoms with Crippen LogP contribution in [0, 0.1) is 0 Å². The number of carbonyl (C=O) groups excluding carboxylic acids is 1. The molecule has 0 aliphatic heterocycles. The van der Waals surface area contributed by atoms with E-state index in [0.717, 1.165) is 0 Å². The molecule has 0 saturated heterocycles. The van der Waals surface area contributed by atoms with Crippen molar-refractivity contribution in [2.24, 2.45) is 0 Å². The van der Waals surface area contributed by atoms with Crippen molar-refractivity contribution in [2.75, 3.05) is 13.6 Å². The minimum atomic E-state index is 0.193. The topological polar surface area (TPSA) is 32.3 Å². The number of hydrogen-bond acceptors (Lipinski definition) is 2. The highest BCUT2D eigenvalue weighted by Gasteiger charge is 2.28. The van der Waals surface area contributed by atoms with Gasteiger partial charge in [-0.05, 0) is 33.6 Å². The molecule has 0 aromatic rings. The molecule has 1 saturated carbocycles. The summed E-state index contributed by atoms with van der Waals surface area (Å²) in [7, 11) is 1.87. The van der Waals surface area contributed by atoms with E-state index in [1.807, 2.05) is 20.9 Å². The van der Waals surface area contributed by atoms with E-state index < -0.39 is 0 Å². The molecule has 0 atom stereocenters. The fourth-order valence-electron chi connectivity index (χ4n) is 2.03. The second kappa shape index (κ2) is 4.97. The first-order valence-corrected chi connectivity index (χ1v) is 5.95. The molecule has 1 aliphatic carbocycles. The monoisotopic (exact) mass is 212 g/mol. The van der Waals surface area contributed by atoms with E-state index in [1.165, 1.54) is 25.7 Å². The van der Waals surface area contributed by atoms with E-state index in [-0.39, 0.29) is 17.5 Å². The van der Waals surface area contributed by atoms with E-state index >= 15 is 0 Å². The molecule has 1 amide bonds. The first-order valence-electron chi connectivity index (χ1n) is 5.95. The molecule has 0 radical (unpaired) electrons. The molecule has 1 aliphatic rings. The lowest BCUT2D eigenvalue weighted by molar-refractivity contribution is -0.130. The van der Waals surface area contributed by atoms with Gasteiger partial charge >= 0.3 is 0 Å². The van der Waals surface area contributed by atoms with Gasteiger partial charge in [-0.3, -0.25) is 4.79 Å². The standard InChI is InChI=1S/C12H24N2O/c1-10(2)14(4)11(15)9-13-12(3)7-5-6-8-12/h10,13H,5-9H2,1-4H3. The zero-order chi connectivity index (χ0) is 11.5. The van der Waals surface area contributed by atoms with Crippen LogP contribution >= 0.6 is 0 Å². The molecule has 88 valence electrons. The Kier molecular flexibility index (Phi) is 4.14. The van der Waals surface area contributed by atoms with Crippen molar-refractivity contribution in [1.29, 1.82) is 0 Å². The van der Waals surface area contributed by atoms with Crippen molar-refractivity contribution >= 4 is 5.91 Å². The van der Waals surface area contributed by atoms with Crippen molar-refractivity contribution in [2.45, 2.75) is 58.0 Å². The van der Waals surface area contributed by atoms with Gasteiger partial charge in [0.1, 0.15) is 0 Å². The third-order valence-corrected chi connectivity index (χ3v) is 3.54. The molecule has 0 bridgehead atoms. The highest BCUT2D eigenvalue weighted by molar-refractivity contribution is 5.78. The van der Waals surface area contributed by atoms with Crippen molar-refractivity contribution in [3.63, 3.8) is 0 Å². The van der Waals surface area contributed by atoms with Gasteiger partial charge in [-0.2, -0.15) is 0 Å². The Hall–Kier alpha value is -0.570. The predicted molar refractivity (Wildman–Crippen MR) is 62.8 cm³/mol. The lowest BCUT2D eigenvalue weighted by Gasteiger charge is -2.28. The van der Waals surface area contributed by atoms with Gasteiger partial charge in [-0.15, -0.1) is 0 Å². The van der Waals surface area contributed by atoms with Crippen LogP contribution in [-0.2, 0) is 4.79 Å². The summed E-state index contributed by atoms with van der Waals surface area (Å²) >= 11 is 0. The van der Waals surface area contributed by atoms with E-state index in [2.05, 4.69) is 12.2 Å². The van der Waals surface area contributed by atoms with Gasteiger partial charge in [0.15, 0.2) is 0 Å². The fraction of sp³-hybridized carbons (Fsp3) is 0.917. The highest BCUT2D eigenvalue weighted by Crippen LogP contribution is 2.28. The van der Waals surface area contributed by atoms with Crippen LogP contribution in [0.15, 0.2) is 0 Å². The number of likely N-dealkylation sites (N-methyl/N-ethyl adjacent to an activating group) is 1. The SMILES string of the molecule is CC(C)N(C)C(=O)CNC1(C)CCCC1. The number of carbonyl (C=O) groups is 1. The summed E-state index contributed by atoms with van der Waals surface area (Å²) in [5.74, 6) is 0.193. The molecule has 0 aromatic heterocycles. The van der Waals surface area contributed by atoms with Gasteiger partial charge in [-0.1, -0.05) is 12.8 Å². The van der Waals surface area contributed by atoms with Gasteiger partial charge in [0.2, 0.25) is 5.91 Å². The van der Waals surface area contributed by atoms with Crippen LogP contribution in [0.5, 0.6) is 0 Å². The molecule has 15 heavy (non-hydrogen) atoms. The van der Waals surface area contributed by atoms with E-state index in [4.69, 9.17) is 0 Å². The number of nitrogens with one attached hydrogen (secondary N) is 1. The van der Waals surface area contributed by atoms with Crippen LogP contribution in [0.4, 0.5) is 0 Å². The third kappa shape index (κ3) is 3.49. The number of amides is 1. The molecule has 3 nitrogen and oxygen atoms in total. The van der Waals surface area contributed by atoms with Crippen LogP contribution in [0.1, 0.15) is 46.5 Å². The molecular formula is C12H24N2O. The largest absolute Gasteiger partial charge is 0.342 e. The molecule has 1 rings (SSSR count). The van der Waals surface area contributed by atoms with Gasteiger partial charge in [-0.25, -0.2) is 0 Å². The molecule has 1 fully saturated rings. The smallest absolute Gasteiger partial charge is 0.236 e. The average Bonchev–Trinajstić information content (AvgIpc) is 2.61. The Balaban J connectivity index is 2.33. The zero-order valence-corrected chi connectivity index (χ0v) is 10.5. The van der Waals surface area contributed by atoms with E-state index in [0.29, 0.717) is 6.54 Å². The number of hydrogen-bond donors (Lipinski definition) is 1. The quantitative estimate of drug-likeness (QED) is 0.770. The van der Waals surface area contributed by atoms with Crippen molar-refractivity contribution in [3.05, 3.63) is 0 Å².